The summed E-state index contributed by atoms with van der Waals surface area (Å²) in [6.45, 7) is 4.33. The lowest BCUT2D eigenvalue weighted by atomic mass is 10.1. The first kappa shape index (κ1) is 28.2. The van der Waals surface area contributed by atoms with Crippen LogP contribution in [0.15, 0.2) is 42.5 Å². The second kappa shape index (κ2) is 13.7. The molecule has 0 aliphatic rings. The number of carbonyl (C=O) groups is 2. The Hall–Kier alpha value is -3.07. The largest absolute Gasteiger partial charge is 0.496 e. The molecule has 2 aromatic carbocycles. The van der Waals surface area contributed by atoms with E-state index in [-0.39, 0.29) is 18.1 Å². The van der Waals surface area contributed by atoms with Crippen LogP contribution in [0.4, 0.5) is 0 Å². The highest BCUT2D eigenvalue weighted by Crippen LogP contribution is 2.30. The van der Waals surface area contributed by atoms with Crippen molar-refractivity contribution in [1.29, 1.82) is 0 Å². The van der Waals surface area contributed by atoms with Crippen molar-refractivity contribution >= 4 is 21.8 Å². The molecule has 0 atom stereocenters. The van der Waals surface area contributed by atoms with Gasteiger partial charge in [-0.1, -0.05) is 30.3 Å². The number of carbonyl (C=O) groups excluding carboxylic acids is 2. The molecule has 0 fully saturated rings. The maximum Gasteiger partial charge on any atom is 0.254 e. The predicted molar refractivity (Wildman–Crippen MR) is 136 cm³/mol. The second-order valence-electron chi connectivity index (χ2n) is 8.27. The number of rotatable bonds is 14. The second-order valence-corrected chi connectivity index (χ2v) is 10.3. The van der Waals surface area contributed by atoms with E-state index in [1.807, 2.05) is 25.1 Å². The van der Waals surface area contributed by atoms with Crippen molar-refractivity contribution in [3.05, 3.63) is 59.2 Å². The number of nitrogens with zero attached hydrogens (tertiary/aromatic N) is 1. The van der Waals surface area contributed by atoms with Crippen molar-refractivity contribution in [1.82, 2.24) is 9.62 Å². The molecule has 0 aliphatic heterocycles. The average molecular weight is 505 g/mol. The van der Waals surface area contributed by atoms with Crippen LogP contribution in [0.2, 0.25) is 0 Å². The molecule has 1 N–H and O–H groups in total. The lowest BCUT2D eigenvalue weighted by Gasteiger charge is -2.24. The van der Waals surface area contributed by atoms with E-state index in [0.29, 0.717) is 43.0 Å². The molecule has 0 aliphatic carbocycles. The van der Waals surface area contributed by atoms with Crippen molar-refractivity contribution in [2.45, 2.75) is 46.0 Å². The SMILES string of the molecule is CCS(=O)(=O)NC(=O)CCCCN(CCCc1ccccc1)C(=O)c1cc(OC)c(C)c(OC)c1. The zero-order chi connectivity index (χ0) is 25.8. The number of sulfonamides is 1. The van der Waals surface area contributed by atoms with Crippen LogP contribution in [-0.4, -0.2) is 58.2 Å². The summed E-state index contributed by atoms with van der Waals surface area (Å²) in [5, 5.41) is 0. The summed E-state index contributed by atoms with van der Waals surface area (Å²) in [4.78, 5) is 27.1. The highest BCUT2D eigenvalue weighted by atomic mass is 32.2. The van der Waals surface area contributed by atoms with Gasteiger partial charge < -0.3 is 14.4 Å². The van der Waals surface area contributed by atoms with Gasteiger partial charge in [0.15, 0.2) is 0 Å². The van der Waals surface area contributed by atoms with Crippen LogP contribution in [0.25, 0.3) is 0 Å². The molecule has 0 bridgehead atoms. The van der Waals surface area contributed by atoms with Gasteiger partial charge in [0, 0.05) is 30.6 Å². The van der Waals surface area contributed by atoms with E-state index in [2.05, 4.69) is 16.9 Å². The molecular formula is C26H36N2O6S. The third-order valence-corrected chi connectivity index (χ3v) is 7.05. The standard InChI is InChI=1S/C26H36N2O6S/c1-5-35(31,32)27-25(29)15-9-10-16-28(17-11-14-21-12-7-6-8-13-21)26(30)22-18-23(33-3)20(2)24(19-22)34-4/h6-8,12-13,18-19H,5,9-11,14-17H2,1-4H3,(H,27,29). The summed E-state index contributed by atoms with van der Waals surface area (Å²) in [7, 11) is -0.459. The van der Waals surface area contributed by atoms with Crippen LogP contribution in [0.1, 0.15) is 54.1 Å². The van der Waals surface area contributed by atoms with Gasteiger partial charge in [-0.15, -0.1) is 0 Å². The van der Waals surface area contributed by atoms with E-state index in [1.54, 1.807) is 31.3 Å². The Labute approximate surface area is 208 Å². The highest BCUT2D eigenvalue weighted by molar-refractivity contribution is 7.90. The molecule has 0 saturated heterocycles. The maximum atomic E-state index is 13.4. The van der Waals surface area contributed by atoms with Crippen LogP contribution in [-0.2, 0) is 21.2 Å². The fourth-order valence-corrected chi connectivity index (χ4v) is 4.30. The molecule has 0 spiro atoms. The van der Waals surface area contributed by atoms with Gasteiger partial charge in [0.05, 0.1) is 20.0 Å². The number of ether oxygens (including phenoxy) is 2. The van der Waals surface area contributed by atoms with Crippen LogP contribution >= 0.6 is 0 Å². The summed E-state index contributed by atoms with van der Waals surface area (Å²) in [6.07, 6.45) is 2.73. The first-order valence-corrected chi connectivity index (χ1v) is 13.4. The number of hydrogen-bond acceptors (Lipinski definition) is 6. The molecule has 35 heavy (non-hydrogen) atoms. The van der Waals surface area contributed by atoms with E-state index in [4.69, 9.17) is 9.47 Å². The summed E-state index contributed by atoms with van der Waals surface area (Å²) < 4.78 is 36.0. The quantitative estimate of drug-likeness (QED) is 0.394. The number of unbranched alkanes of at least 4 members (excludes halogenated alkanes) is 1. The molecule has 192 valence electrons. The van der Waals surface area contributed by atoms with Crippen LogP contribution < -0.4 is 14.2 Å². The van der Waals surface area contributed by atoms with Crippen molar-refractivity contribution in [3.63, 3.8) is 0 Å². The molecule has 0 saturated carbocycles. The van der Waals surface area contributed by atoms with Gasteiger partial charge in [-0.25, -0.2) is 8.42 Å². The fraction of sp³-hybridized carbons (Fsp3) is 0.462. The molecule has 9 heteroatoms. The number of methoxy groups -OCH3 is 2. The molecule has 2 aromatic rings. The van der Waals surface area contributed by atoms with Crippen LogP contribution in [0.5, 0.6) is 11.5 Å². The topological polar surface area (TPSA) is 102 Å². The van der Waals surface area contributed by atoms with Crippen LogP contribution in [0, 0.1) is 6.92 Å². The third-order valence-electron chi connectivity index (χ3n) is 5.75. The van der Waals surface area contributed by atoms with Gasteiger partial charge in [0.2, 0.25) is 15.9 Å². The Kier molecular flexibility index (Phi) is 11.0. The Bertz CT molecular complexity index is 1060. The molecule has 0 radical (unpaired) electrons. The predicted octanol–water partition coefficient (Wildman–Crippen LogP) is 3.72. The first-order chi connectivity index (χ1) is 16.7. The normalized spacial score (nSPS) is 11.1. The number of benzene rings is 2. The number of hydrogen-bond donors (Lipinski definition) is 1. The minimum Gasteiger partial charge on any atom is -0.496 e. The van der Waals surface area contributed by atoms with Gasteiger partial charge in [-0.2, -0.15) is 0 Å². The Morgan fingerprint density at radius 1 is 0.943 bits per heavy atom. The zero-order valence-electron chi connectivity index (χ0n) is 21.0. The monoisotopic (exact) mass is 504 g/mol. The highest BCUT2D eigenvalue weighted by Gasteiger charge is 2.20. The molecular weight excluding hydrogens is 468 g/mol. The Morgan fingerprint density at radius 3 is 2.11 bits per heavy atom. The summed E-state index contributed by atoms with van der Waals surface area (Å²) >= 11 is 0. The van der Waals surface area contributed by atoms with E-state index in [9.17, 15) is 18.0 Å². The fourth-order valence-electron chi connectivity index (χ4n) is 3.71. The third kappa shape index (κ3) is 8.90. The van der Waals surface area contributed by atoms with Gasteiger partial charge in [0.1, 0.15) is 11.5 Å². The van der Waals surface area contributed by atoms with Gasteiger partial charge in [0.25, 0.3) is 5.91 Å². The molecule has 0 heterocycles. The van der Waals surface area contributed by atoms with Gasteiger partial charge in [-0.05, 0) is 57.2 Å². The average Bonchev–Trinajstić information content (AvgIpc) is 2.85. The lowest BCUT2D eigenvalue weighted by Crippen LogP contribution is -2.34. The van der Waals surface area contributed by atoms with Gasteiger partial charge in [-0.3, -0.25) is 14.3 Å². The molecule has 0 unspecified atom stereocenters. The molecule has 8 nitrogen and oxygen atoms in total. The molecule has 2 amide bonds. The Morgan fingerprint density at radius 2 is 1.54 bits per heavy atom. The van der Waals surface area contributed by atoms with Crippen molar-refractivity contribution in [3.8, 4) is 11.5 Å². The van der Waals surface area contributed by atoms with Crippen molar-refractivity contribution in [2.75, 3.05) is 33.1 Å². The summed E-state index contributed by atoms with van der Waals surface area (Å²) in [5.41, 5.74) is 2.48. The number of nitrogens with one attached hydrogen (secondary N) is 1. The zero-order valence-corrected chi connectivity index (χ0v) is 21.8. The first-order valence-electron chi connectivity index (χ1n) is 11.8. The van der Waals surface area contributed by atoms with Crippen molar-refractivity contribution in [2.24, 2.45) is 0 Å². The van der Waals surface area contributed by atoms with E-state index < -0.39 is 15.9 Å². The minimum atomic E-state index is -3.56. The van der Waals surface area contributed by atoms with Gasteiger partial charge >= 0.3 is 0 Å². The number of aryl methyl sites for hydroxylation is 1. The van der Waals surface area contributed by atoms with E-state index in [0.717, 1.165) is 18.4 Å². The molecule has 2 rings (SSSR count). The van der Waals surface area contributed by atoms with E-state index in [1.165, 1.54) is 12.5 Å². The Balaban J connectivity index is 2.08. The summed E-state index contributed by atoms with van der Waals surface area (Å²) in [5.74, 6) is 0.331. The van der Waals surface area contributed by atoms with E-state index >= 15 is 0 Å². The van der Waals surface area contributed by atoms with Crippen LogP contribution in [0.3, 0.4) is 0 Å². The number of amides is 2. The lowest BCUT2D eigenvalue weighted by molar-refractivity contribution is -0.119. The smallest absolute Gasteiger partial charge is 0.254 e. The molecule has 0 aromatic heterocycles. The maximum absolute atomic E-state index is 13.4. The summed E-state index contributed by atoms with van der Waals surface area (Å²) in [6, 6.07) is 13.5. The minimum absolute atomic E-state index is 0.0808. The van der Waals surface area contributed by atoms with Crippen molar-refractivity contribution < 1.29 is 27.5 Å².